The number of nitrogens with one attached hydrogen (secondary N) is 8. The summed E-state index contributed by atoms with van der Waals surface area (Å²) in [6.45, 7) is 11.8. The molecule has 0 aliphatic carbocycles. The van der Waals surface area contributed by atoms with Gasteiger partial charge in [-0.15, -0.1) is 0 Å². The van der Waals surface area contributed by atoms with Crippen molar-refractivity contribution in [2.75, 3.05) is 13.2 Å². The summed E-state index contributed by atoms with van der Waals surface area (Å²) in [5, 5.41) is 49.9. The number of hydrogen-bond acceptors (Lipinski definition) is 14. The maximum Gasteiger partial charge on any atom is 0.326 e. The van der Waals surface area contributed by atoms with Crippen LogP contribution in [-0.2, 0) is 54.4 Å². The first kappa shape index (κ1) is 61.8. The molecule has 0 spiro atoms. The molecule has 0 saturated heterocycles. The fraction of sp³-hybridized carbons (Fsp3) is 0.652. The van der Waals surface area contributed by atoms with Gasteiger partial charge >= 0.3 is 5.97 Å². The van der Waals surface area contributed by atoms with E-state index in [-0.39, 0.29) is 31.6 Å². The number of unbranched alkanes of at least 4 members (excludes halogenated alkanes) is 1. The number of carboxylic acid groups (broad SMARTS) is 1. The number of carbonyl (C=O) groups excluding carboxylic acids is 9. The van der Waals surface area contributed by atoms with Crippen LogP contribution in [0.25, 0.3) is 0 Å². The highest BCUT2D eigenvalue weighted by molar-refractivity contribution is 5.98. The average molecular weight is 992 g/mol. The summed E-state index contributed by atoms with van der Waals surface area (Å²) in [6.07, 6.45) is -0.928. The largest absolute Gasteiger partial charge is 0.480 e. The zero-order valence-corrected chi connectivity index (χ0v) is 41.4. The lowest BCUT2D eigenvalue weighted by Crippen LogP contribution is -2.62. The Labute approximate surface area is 408 Å². The molecule has 70 heavy (non-hydrogen) atoms. The molecule has 0 unspecified atom stereocenters. The Kier molecular flexibility index (Phi) is 27.4. The maximum atomic E-state index is 13.9. The quantitative estimate of drug-likeness (QED) is 0.0314. The highest BCUT2D eigenvalue weighted by Crippen LogP contribution is 2.12. The normalized spacial score (nSPS) is 15.6. The minimum Gasteiger partial charge on any atom is -0.480 e. The third-order valence-electron chi connectivity index (χ3n) is 11.0. The summed E-state index contributed by atoms with van der Waals surface area (Å²) in [4.78, 5) is 132. The number of hydrogen-bond donors (Lipinski definition) is 14. The van der Waals surface area contributed by atoms with Crippen LogP contribution in [-0.4, -0.2) is 148 Å². The first-order valence-corrected chi connectivity index (χ1v) is 23.5. The molecule has 24 nitrogen and oxygen atoms in total. The van der Waals surface area contributed by atoms with Gasteiger partial charge in [0.2, 0.25) is 53.2 Å². The molecule has 0 aliphatic rings. The molecule has 0 radical (unpaired) electrons. The molecular formula is C46H77N11O13. The van der Waals surface area contributed by atoms with Crippen molar-refractivity contribution >= 4 is 59.1 Å². The number of aliphatic hydroxyl groups excluding tert-OH is 2. The van der Waals surface area contributed by atoms with E-state index in [2.05, 4.69) is 42.5 Å². The number of aliphatic hydroxyl groups is 2. The molecule has 9 amide bonds. The molecule has 24 heteroatoms. The highest BCUT2D eigenvalue weighted by atomic mass is 16.4. The van der Waals surface area contributed by atoms with E-state index in [0.717, 1.165) is 0 Å². The van der Waals surface area contributed by atoms with Crippen molar-refractivity contribution in [3.63, 3.8) is 0 Å². The summed E-state index contributed by atoms with van der Waals surface area (Å²) in [5.41, 5.74) is 17.3. The van der Waals surface area contributed by atoms with Crippen molar-refractivity contribution < 1.29 is 63.3 Å². The molecule has 1 rings (SSSR count). The third kappa shape index (κ3) is 22.0. The van der Waals surface area contributed by atoms with Crippen molar-refractivity contribution in [2.24, 2.45) is 35.0 Å². The van der Waals surface area contributed by atoms with Gasteiger partial charge in [0, 0.05) is 12.8 Å². The first-order valence-electron chi connectivity index (χ1n) is 23.5. The summed E-state index contributed by atoms with van der Waals surface area (Å²) in [6, 6.07) is -3.92. The van der Waals surface area contributed by atoms with Gasteiger partial charge in [-0.3, -0.25) is 43.2 Å². The fourth-order valence-electron chi connectivity index (χ4n) is 6.84. The van der Waals surface area contributed by atoms with Gasteiger partial charge in [0.25, 0.3) is 0 Å². The van der Waals surface area contributed by atoms with Crippen LogP contribution in [0.1, 0.15) is 99.5 Å². The monoisotopic (exact) mass is 992 g/mol. The van der Waals surface area contributed by atoms with Crippen LogP contribution >= 0.6 is 0 Å². The molecule has 0 saturated carbocycles. The SMILES string of the molecule is CC(C)C[C@H](NC(=O)[C@H](C)NC(=O)[C@H](CO)NC(=O)[C@@H](N)CCCCN)C(=O)N[C@H](C(=O)N[C@H](C(=O)N[C@@H](CCC(N)=O)C(=O)N[C@@H](Cc1ccccc1)C(=O)N[C@H](C(=O)O)C(C)C)C(C)C)[C@@H](C)O. The number of carbonyl (C=O) groups is 10. The summed E-state index contributed by atoms with van der Waals surface area (Å²) in [7, 11) is 0. The maximum absolute atomic E-state index is 13.9. The van der Waals surface area contributed by atoms with Crippen LogP contribution in [0.3, 0.4) is 0 Å². The molecule has 17 N–H and O–H groups in total. The van der Waals surface area contributed by atoms with Gasteiger partial charge in [0.15, 0.2) is 0 Å². The molecule has 0 aromatic heterocycles. The Morgan fingerprint density at radius 3 is 1.56 bits per heavy atom. The number of amides is 9. The first-order chi connectivity index (χ1) is 32.7. The van der Waals surface area contributed by atoms with Crippen molar-refractivity contribution in [3.8, 4) is 0 Å². The fourth-order valence-corrected chi connectivity index (χ4v) is 6.84. The van der Waals surface area contributed by atoms with Gasteiger partial charge < -0.3 is 75.1 Å². The van der Waals surface area contributed by atoms with Crippen LogP contribution in [0.4, 0.5) is 0 Å². The van der Waals surface area contributed by atoms with Gasteiger partial charge in [0.05, 0.1) is 18.8 Å². The van der Waals surface area contributed by atoms with Crippen molar-refractivity contribution in [3.05, 3.63) is 35.9 Å². The number of benzene rings is 1. The van der Waals surface area contributed by atoms with E-state index < -0.39 is 144 Å². The lowest BCUT2D eigenvalue weighted by molar-refractivity contribution is -0.143. The molecule has 1 aromatic rings. The predicted octanol–water partition coefficient (Wildman–Crippen LogP) is -3.34. The topological polar surface area (TPSA) is 406 Å². The molecular weight excluding hydrogens is 915 g/mol. The Balaban J connectivity index is 3.28. The summed E-state index contributed by atoms with van der Waals surface area (Å²) in [5.74, 6) is -10.7. The van der Waals surface area contributed by atoms with Gasteiger partial charge in [-0.05, 0) is 69.4 Å². The van der Waals surface area contributed by atoms with E-state index in [9.17, 15) is 63.3 Å². The standard InChI is InChI=1S/C46H77N11O13/c1-23(2)20-31(52-38(61)26(7)50-43(66)33(22-58)54-39(62)29(48)16-12-13-19-47)41(64)57-37(27(8)59)45(68)55-35(24(3)4)44(67)51-30(17-18-34(49)60)40(63)53-32(21-28-14-10-9-11-15-28)42(65)56-36(25(5)6)46(69)70/h9-11,14-15,23-27,29-33,35-37,58-59H,12-13,16-22,47-48H2,1-8H3,(H2,49,60)(H,50,66)(H,51,67)(H,52,61)(H,53,63)(H,54,62)(H,55,68)(H,56,65)(H,57,64)(H,69,70)/t26-,27+,29-,30-,31-,32-,33-,35-,36-,37-/m0/s1. The van der Waals surface area contributed by atoms with Gasteiger partial charge in [-0.25, -0.2) is 4.79 Å². The smallest absolute Gasteiger partial charge is 0.326 e. The summed E-state index contributed by atoms with van der Waals surface area (Å²) < 4.78 is 0. The lowest BCUT2D eigenvalue weighted by Gasteiger charge is -2.30. The van der Waals surface area contributed by atoms with Crippen LogP contribution in [0.2, 0.25) is 0 Å². The molecule has 10 atom stereocenters. The number of rotatable bonds is 32. The van der Waals surface area contributed by atoms with E-state index >= 15 is 0 Å². The van der Waals surface area contributed by atoms with Crippen LogP contribution in [0, 0.1) is 17.8 Å². The zero-order chi connectivity index (χ0) is 53.4. The van der Waals surface area contributed by atoms with Gasteiger partial charge in [0.1, 0.15) is 48.3 Å². The zero-order valence-electron chi connectivity index (χ0n) is 41.4. The second-order valence-corrected chi connectivity index (χ2v) is 18.4. The summed E-state index contributed by atoms with van der Waals surface area (Å²) >= 11 is 0. The third-order valence-corrected chi connectivity index (χ3v) is 11.0. The van der Waals surface area contributed by atoms with Crippen molar-refractivity contribution in [1.82, 2.24) is 42.5 Å². The van der Waals surface area contributed by atoms with Crippen LogP contribution in [0.15, 0.2) is 30.3 Å². The van der Waals surface area contributed by atoms with Gasteiger partial charge in [-0.2, -0.15) is 0 Å². The molecule has 1 aromatic carbocycles. The van der Waals surface area contributed by atoms with Gasteiger partial charge in [-0.1, -0.05) is 78.3 Å². The van der Waals surface area contributed by atoms with E-state index in [1.54, 1.807) is 71.9 Å². The second kappa shape index (κ2) is 31.1. The molecule has 0 bridgehead atoms. The molecule has 0 aliphatic heterocycles. The second-order valence-electron chi connectivity index (χ2n) is 18.4. The molecule has 0 fully saturated rings. The number of aliphatic carboxylic acids is 1. The van der Waals surface area contributed by atoms with E-state index in [1.165, 1.54) is 13.8 Å². The average Bonchev–Trinajstić information content (AvgIpc) is 3.28. The van der Waals surface area contributed by atoms with Crippen LogP contribution in [0.5, 0.6) is 0 Å². The Morgan fingerprint density at radius 2 is 1.04 bits per heavy atom. The Morgan fingerprint density at radius 1 is 0.557 bits per heavy atom. The predicted molar refractivity (Wildman–Crippen MR) is 256 cm³/mol. The minimum absolute atomic E-state index is 0.0151. The van der Waals surface area contributed by atoms with Crippen LogP contribution < -0.4 is 59.7 Å². The number of nitrogens with two attached hydrogens (primary N) is 3. The van der Waals surface area contributed by atoms with Crippen molar-refractivity contribution in [1.29, 1.82) is 0 Å². The molecule has 394 valence electrons. The Hall–Kier alpha value is -6.24. The van der Waals surface area contributed by atoms with E-state index in [0.29, 0.717) is 24.9 Å². The number of primary amides is 1. The minimum atomic E-state index is -1.72. The van der Waals surface area contributed by atoms with E-state index in [4.69, 9.17) is 17.2 Å². The highest BCUT2D eigenvalue weighted by Gasteiger charge is 2.37. The lowest BCUT2D eigenvalue weighted by atomic mass is 9.99. The van der Waals surface area contributed by atoms with Crippen molar-refractivity contribution in [2.45, 2.75) is 161 Å². The number of carboxylic acids is 1. The Bertz CT molecular complexity index is 1920. The molecule has 0 heterocycles. The van der Waals surface area contributed by atoms with E-state index in [1.807, 2.05) is 0 Å².